The van der Waals surface area contributed by atoms with Gasteiger partial charge in [0.2, 0.25) is 0 Å². The third kappa shape index (κ3) is 5.63. The zero-order valence-corrected chi connectivity index (χ0v) is 16.3. The van der Waals surface area contributed by atoms with E-state index in [4.69, 9.17) is 9.79 Å². The third-order valence-corrected chi connectivity index (χ3v) is 3.98. The van der Waals surface area contributed by atoms with Crippen LogP contribution in [0.2, 0.25) is 0 Å². The normalized spacial score (nSPS) is 15.5. The zero-order valence-electron chi connectivity index (χ0n) is 15.4. The van der Waals surface area contributed by atoms with Crippen LogP contribution in [0.4, 0.5) is 74.6 Å². The van der Waals surface area contributed by atoms with Crippen LogP contribution < -0.4 is 12.3 Å². The average molecular weight is 578 g/mol. The van der Waals surface area contributed by atoms with Crippen molar-refractivity contribution in [1.29, 1.82) is 0 Å². The molecule has 0 fully saturated rings. The highest BCUT2D eigenvalue weighted by Gasteiger charge is 2.95. The minimum Gasteiger partial charge on any atom is -0.344 e. The molecule has 0 aromatic heterocycles. The minimum absolute atomic E-state index is 0. The van der Waals surface area contributed by atoms with Crippen LogP contribution in [0.5, 0.6) is 0 Å². The largest absolute Gasteiger partial charge is 0.469 e. The van der Waals surface area contributed by atoms with Gasteiger partial charge in [0.05, 0.1) is 6.61 Å². The molecule has 0 aliphatic rings. The van der Waals surface area contributed by atoms with Gasteiger partial charge >= 0.3 is 55.5 Å². The zero-order chi connectivity index (χ0) is 26.6. The van der Waals surface area contributed by atoms with Gasteiger partial charge in [0.25, 0.3) is 0 Å². The SMILES string of the molecule is N.N.O=P(O)(O)OCCC(F)(F)C(F)(F)C(F)(F)C(F)(F)C(F)(F)C(F)(F)C(F)(F)C(F)(F)F. The molecule has 0 spiro atoms. The van der Waals surface area contributed by atoms with Crippen molar-refractivity contribution in [2.75, 3.05) is 6.61 Å². The van der Waals surface area contributed by atoms with E-state index >= 15 is 0 Å². The second-order valence-electron chi connectivity index (χ2n) is 5.72. The van der Waals surface area contributed by atoms with E-state index in [1.54, 1.807) is 0 Å². The van der Waals surface area contributed by atoms with Crippen LogP contribution >= 0.6 is 7.82 Å². The molecule has 0 heterocycles. The summed E-state index contributed by atoms with van der Waals surface area (Å²) >= 11 is 0. The van der Waals surface area contributed by atoms with Crippen LogP contribution in [0.15, 0.2) is 0 Å². The predicted octanol–water partition coefficient (Wildman–Crippen LogP) is 5.82. The Hall–Kier alpha value is -1.16. The molecule has 0 saturated heterocycles. The van der Waals surface area contributed by atoms with Gasteiger partial charge in [-0.25, -0.2) is 4.57 Å². The minimum atomic E-state index is -8.73. The first-order chi connectivity index (χ1) is 13.5. The van der Waals surface area contributed by atoms with Crippen molar-refractivity contribution >= 4 is 7.82 Å². The van der Waals surface area contributed by atoms with Gasteiger partial charge in [0, 0.05) is 6.42 Å². The summed E-state index contributed by atoms with van der Waals surface area (Å²) in [6.45, 7) is -2.37. The molecule has 6 nitrogen and oxygen atoms in total. The van der Waals surface area contributed by atoms with E-state index in [9.17, 15) is 79.2 Å². The lowest BCUT2D eigenvalue weighted by molar-refractivity contribution is -0.461. The summed E-state index contributed by atoms with van der Waals surface area (Å²) < 4.78 is 233. The highest BCUT2D eigenvalue weighted by molar-refractivity contribution is 7.46. The number of rotatable bonds is 10. The number of alkyl halides is 17. The van der Waals surface area contributed by atoms with Crippen molar-refractivity contribution in [2.24, 2.45) is 0 Å². The Kier molecular flexibility index (Phi) is 10.7. The average Bonchev–Trinajstić information content (AvgIpc) is 2.50. The molecule has 0 unspecified atom stereocenters. The Balaban J connectivity index is -0.00000480. The number of phosphoric ester groups is 1. The van der Waals surface area contributed by atoms with Gasteiger partial charge in [-0.1, -0.05) is 0 Å². The monoisotopic (exact) mass is 578 g/mol. The Bertz CT molecular complexity index is 734. The second-order valence-corrected chi connectivity index (χ2v) is 6.96. The molecule has 0 aromatic carbocycles. The predicted molar refractivity (Wildman–Crippen MR) is 73.3 cm³/mol. The summed E-state index contributed by atoms with van der Waals surface area (Å²) in [6.07, 6.45) is -10.9. The molecule has 0 aliphatic carbocycles. The van der Waals surface area contributed by atoms with Crippen LogP contribution in [-0.2, 0) is 9.09 Å². The lowest BCUT2D eigenvalue weighted by Gasteiger charge is -2.42. The van der Waals surface area contributed by atoms with Crippen molar-refractivity contribution in [2.45, 2.75) is 54.1 Å². The van der Waals surface area contributed by atoms with Crippen LogP contribution in [0.25, 0.3) is 0 Å². The topological polar surface area (TPSA) is 137 Å². The maximum Gasteiger partial charge on any atom is 0.469 e. The summed E-state index contributed by atoms with van der Waals surface area (Å²) in [6, 6.07) is 0. The number of hydrogen-bond donors (Lipinski definition) is 4. The molecule has 34 heavy (non-hydrogen) atoms. The third-order valence-electron chi connectivity index (χ3n) is 3.46. The molecule has 8 N–H and O–H groups in total. The van der Waals surface area contributed by atoms with Crippen LogP contribution in [0.3, 0.4) is 0 Å². The summed E-state index contributed by atoms with van der Waals surface area (Å²) in [4.78, 5) is 16.2. The van der Waals surface area contributed by atoms with Crippen molar-refractivity contribution in [1.82, 2.24) is 12.3 Å². The van der Waals surface area contributed by atoms with Crippen molar-refractivity contribution in [3.8, 4) is 0 Å². The van der Waals surface area contributed by atoms with Gasteiger partial charge in [-0.3, -0.25) is 4.52 Å². The number of halogens is 17. The van der Waals surface area contributed by atoms with Crippen molar-refractivity contribution < 1.29 is 93.5 Å². The fourth-order valence-electron chi connectivity index (χ4n) is 1.65. The molecule has 0 aromatic rings. The molecular weight excluding hydrogens is 566 g/mol. The fourth-order valence-corrected chi connectivity index (χ4v) is 1.98. The van der Waals surface area contributed by atoms with E-state index in [1.165, 1.54) is 0 Å². The summed E-state index contributed by atoms with van der Waals surface area (Å²) in [5, 5.41) is 0. The lowest BCUT2D eigenvalue weighted by Crippen LogP contribution is -2.74. The van der Waals surface area contributed by atoms with Crippen LogP contribution in [0, 0.1) is 0 Å². The highest BCUT2D eigenvalue weighted by atomic mass is 31.2. The van der Waals surface area contributed by atoms with E-state index in [0.717, 1.165) is 0 Å². The maximum atomic E-state index is 13.3. The van der Waals surface area contributed by atoms with E-state index in [0.29, 0.717) is 0 Å². The Morgan fingerprint density at radius 2 is 0.794 bits per heavy atom. The van der Waals surface area contributed by atoms with E-state index in [1.807, 2.05) is 0 Å². The van der Waals surface area contributed by atoms with Crippen molar-refractivity contribution in [3.63, 3.8) is 0 Å². The first kappa shape index (κ1) is 37.4. The molecule has 0 atom stereocenters. The summed E-state index contributed by atoms with van der Waals surface area (Å²) in [7, 11) is -5.78. The van der Waals surface area contributed by atoms with Gasteiger partial charge in [-0.05, 0) is 0 Å². The van der Waals surface area contributed by atoms with E-state index < -0.39 is 68.5 Å². The molecule has 0 bridgehead atoms. The van der Waals surface area contributed by atoms with Crippen molar-refractivity contribution in [3.05, 3.63) is 0 Å². The number of hydrogen-bond acceptors (Lipinski definition) is 4. The molecular formula is C10H12F17N2O4P. The smallest absolute Gasteiger partial charge is 0.344 e. The lowest BCUT2D eigenvalue weighted by atomic mass is 9.88. The Labute approximate surface area is 175 Å². The van der Waals surface area contributed by atoms with Gasteiger partial charge in [0.15, 0.2) is 0 Å². The quantitative estimate of drug-likeness (QED) is 0.191. The second kappa shape index (κ2) is 9.71. The summed E-state index contributed by atoms with van der Waals surface area (Å²) in [5.74, 6) is -57.4. The van der Waals surface area contributed by atoms with E-state index in [-0.39, 0.29) is 12.3 Å². The van der Waals surface area contributed by atoms with E-state index in [2.05, 4.69) is 4.52 Å². The Morgan fingerprint density at radius 3 is 1.06 bits per heavy atom. The molecule has 0 amide bonds. The summed E-state index contributed by atoms with van der Waals surface area (Å²) in [5.41, 5.74) is 0. The number of phosphoric acid groups is 1. The molecule has 210 valence electrons. The van der Waals surface area contributed by atoms with Gasteiger partial charge in [-0.2, -0.15) is 74.6 Å². The molecule has 0 saturated carbocycles. The molecule has 0 radical (unpaired) electrons. The fraction of sp³-hybridized carbons (Fsp3) is 1.00. The van der Waals surface area contributed by atoms with Gasteiger partial charge in [-0.15, -0.1) is 0 Å². The van der Waals surface area contributed by atoms with Crippen LogP contribution in [0.1, 0.15) is 6.42 Å². The van der Waals surface area contributed by atoms with Gasteiger partial charge in [0.1, 0.15) is 0 Å². The first-order valence-corrected chi connectivity index (χ1v) is 8.40. The molecule has 24 heteroatoms. The van der Waals surface area contributed by atoms with Gasteiger partial charge < -0.3 is 22.1 Å². The highest BCUT2D eigenvalue weighted by Crippen LogP contribution is 2.64. The maximum absolute atomic E-state index is 13.3. The standard InChI is InChI=1S/C10H6F17O4P.2H3N/c11-3(12,1-2-31-32(28,29)30)4(13,14)5(15,16)6(17,18)7(19,20)8(21,22)9(23,24)10(25,26)27;;/h1-2H2,(H2,28,29,30);2*1H3. The van der Waals surface area contributed by atoms with Crippen LogP contribution in [-0.4, -0.2) is 64.0 Å². The molecule has 0 aliphatic heterocycles. The first-order valence-electron chi connectivity index (χ1n) is 6.87. The molecule has 0 rings (SSSR count). The Morgan fingerprint density at radius 1 is 0.529 bits per heavy atom.